The van der Waals surface area contributed by atoms with Gasteiger partial charge in [-0.15, -0.1) is 18.9 Å². The van der Waals surface area contributed by atoms with Crippen LogP contribution in [0.2, 0.25) is 0 Å². The van der Waals surface area contributed by atoms with Crippen LogP contribution in [0.3, 0.4) is 0 Å². The topological polar surface area (TPSA) is 175 Å². The van der Waals surface area contributed by atoms with Crippen molar-refractivity contribution in [3.05, 3.63) is 12.7 Å². The normalized spacial score (nSPS) is 24.4. The Morgan fingerprint density at radius 1 is 0.941 bits per heavy atom. The smallest absolute Gasteiger partial charge is 0.407 e. The molecular formula is C38H58N6O7. The van der Waals surface area contributed by atoms with E-state index >= 15 is 0 Å². The second-order valence-corrected chi connectivity index (χ2v) is 15.2. The first-order chi connectivity index (χ1) is 24.4. The minimum Gasteiger partial charge on any atom is -0.447 e. The lowest BCUT2D eigenvalue weighted by Gasteiger charge is -2.37. The largest absolute Gasteiger partial charge is 0.447 e. The van der Waals surface area contributed by atoms with Crippen molar-refractivity contribution in [1.29, 1.82) is 0 Å². The Morgan fingerprint density at radius 2 is 1.59 bits per heavy atom. The van der Waals surface area contributed by atoms with Crippen LogP contribution in [0, 0.1) is 41.4 Å². The lowest BCUT2D eigenvalue weighted by atomic mass is 9.83. The van der Waals surface area contributed by atoms with Crippen molar-refractivity contribution in [3.63, 3.8) is 0 Å². The molecule has 4 aliphatic rings. The van der Waals surface area contributed by atoms with E-state index in [0.717, 1.165) is 64.2 Å². The summed E-state index contributed by atoms with van der Waals surface area (Å²) in [7, 11) is 0. The van der Waals surface area contributed by atoms with Gasteiger partial charge in [0.05, 0.1) is 12.1 Å². The van der Waals surface area contributed by atoms with Crippen LogP contribution in [0.15, 0.2) is 12.7 Å². The van der Waals surface area contributed by atoms with Crippen LogP contribution in [0.5, 0.6) is 0 Å². The lowest BCUT2D eigenvalue weighted by Crippen LogP contribution is -2.61. The molecule has 3 saturated carbocycles. The first-order valence-electron chi connectivity index (χ1n) is 18.9. The summed E-state index contributed by atoms with van der Waals surface area (Å²) in [5.74, 6) is -0.116. The summed E-state index contributed by atoms with van der Waals surface area (Å²) < 4.78 is 5.46. The zero-order valence-corrected chi connectivity index (χ0v) is 30.6. The third-order valence-corrected chi connectivity index (χ3v) is 11.5. The molecule has 0 spiro atoms. The summed E-state index contributed by atoms with van der Waals surface area (Å²) in [5.41, 5.74) is -0.207. The predicted molar refractivity (Wildman–Crippen MR) is 192 cm³/mol. The van der Waals surface area contributed by atoms with Crippen LogP contribution in [-0.2, 0) is 23.9 Å². The quantitative estimate of drug-likeness (QED) is 0.0929. The molecule has 1 heterocycles. The zero-order chi connectivity index (χ0) is 37.1. The summed E-state index contributed by atoms with van der Waals surface area (Å²) >= 11 is 0. The summed E-state index contributed by atoms with van der Waals surface area (Å²) in [6, 6.07) is -3.85. The Balaban J connectivity index is 1.54. The van der Waals surface area contributed by atoms with E-state index < -0.39 is 53.9 Å². The van der Waals surface area contributed by atoms with E-state index in [2.05, 4.69) is 52.9 Å². The number of ketones is 1. The summed E-state index contributed by atoms with van der Waals surface area (Å²) in [5, 5.41) is 13.9. The highest BCUT2D eigenvalue weighted by atomic mass is 16.5. The van der Waals surface area contributed by atoms with Crippen LogP contribution < -0.4 is 26.6 Å². The van der Waals surface area contributed by atoms with Gasteiger partial charge in [0.2, 0.25) is 17.6 Å². The molecule has 1 unspecified atom stereocenters. The molecule has 0 bridgehead atoms. The van der Waals surface area contributed by atoms with E-state index in [4.69, 9.17) is 11.2 Å². The molecule has 6 atom stereocenters. The Bertz CT molecular complexity index is 1330. The lowest BCUT2D eigenvalue weighted by molar-refractivity contribution is -0.144. The molecule has 6 amide bonds. The molecule has 13 nitrogen and oxygen atoms in total. The van der Waals surface area contributed by atoms with Crippen molar-refractivity contribution in [3.8, 4) is 12.3 Å². The number of alkyl carbamates (subject to hydrolysis) is 1. The number of nitrogens with zero attached hydrogens (tertiary/aromatic N) is 1. The van der Waals surface area contributed by atoms with Gasteiger partial charge in [0.1, 0.15) is 18.7 Å². The number of hydrogen-bond donors (Lipinski definition) is 5. The number of rotatable bonds is 16. The van der Waals surface area contributed by atoms with Gasteiger partial charge in [-0.25, -0.2) is 9.59 Å². The molecule has 3 aliphatic carbocycles. The molecule has 0 aromatic rings. The molecule has 5 N–H and O–H groups in total. The standard InChI is InChI=1S/C38H58N6O7/c1-6-9-20-27(32(45)34(47)40-21-7-2)41-33(46)31-29-26(38(29,4)5)22-44(31)35(48)30(25-18-14-11-15-19-25)43-36(49)42-28(23-51-37(50)39-8-3)24-16-12-10-13-17-24/h1,7,24-31H,2,8-23H2,3-5H3,(H,39,50)(H,40,47)(H,41,46)(H2,42,43,49)/t26-,27?,28+,29-,30-,31-/m0/s1. The van der Waals surface area contributed by atoms with Crippen LogP contribution in [0.4, 0.5) is 9.59 Å². The van der Waals surface area contributed by atoms with Crippen LogP contribution in [0.1, 0.15) is 97.8 Å². The highest BCUT2D eigenvalue weighted by Gasteiger charge is 2.69. The average Bonchev–Trinajstić information content (AvgIpc) is 3.43. The van der Waals surface area contributed by atoms with Gasteiger partial charge < -0.3 is 36.2 Å². The van der Waals surface area contributed by atoms with Crippen LogP contribution in [0.25, 0.3) is 0 Å². The van der Waals surface area contributed by atoms with E-state index in [1.807, 2.05) is 0 Å². The van der Waals surface area contributed by atoms with Crippen molar-refractivity contribution in [1.82, 2.24) is 31.5 Å². The number of terminal acetylenes is 1. The highest BCUT2D eigenvalue weighted by molar-refractivity contribution is 6.38. The number of Topliss-reactive ketones (excluding diaryl/α,β-unsaturated/α-hetero) is 1. The number of ether oxygens (including phenoxy) is 1. The van der Waals surface area contributed by atoms with Gasteiger partial charge in [-0.05, 0) is 68.1 Å². The molecule has 4 fully saturated rings. The fourth-order valence-corrected chi connectivity index (χ4v) is 8.55. The second kappa shape index (κ2) is 18.4. The first kappa shape index (κ1) is 39.7. The fourth-order valence-electron chi connectivity index (χ4n) is 8.55. The Labute approximate surface area is 302 Å². The number of amides is 6. The number of carbonyl (C=O) groups is 6. The summed E-state index contributed by atoms with van der Waals surface area (Å²) in [4.78, 5) is 81.9. The molecule has 13 heteroatoms. The molecule has 0 aromatic heterocycles. The van der Waals surface area contributed by atoms with Gasteiger partial charge >= 0.3 is 12.1 Å². The van der Waals surface area contributed by atoms with Crippen LogP contribution in [-0.4, -0.2) is 90.9 Å². The van der Waals surface area contributed by atoms with Crippen molar-refractivity contribution in [2.24, 2.45) is 29.1 Å². The number of likely N-dealkylation sites (tertiary alicyclic amines) is 1. The monoisotopic (exact) mass is 710 g/mol. The van der Waals surface area contributed by atoms with E-state index in [1.165, 1.54) is 6.08 Å². The van der Waals surface area contributed by atoms with Crippen molar-refractivity contribution in [2.75, 3.05) is 26.2 Å². The predicted octanol–water partition coefficient (Wildman–Crippen LogP) is 3.18. The van der Waals surface area contributed by atoms with Gasteiger partial charge in [-0.3, -0.25) is 19.2 Å². The van der Waals surface area contributed by atoms with Gasteiger partial charge in [0, 0.05) is 26.1 Å². The number of nitrogens with one attached hydrogen (secondary N) is 5. The minimum atomic E-state index is -1.16. The maximum absolute atomic E-state index is 14.6. The van der Waals surface area contributed by atoms with Crippen LogP contribution >= 0.6 is 0 Å². The van der Waals surface area contributed by atoms with Crippen molar-refractivity contribution in [2.45, 2.75) is 122 Å². The third kappa shape index (κ3) is 10.0. The maximum Gasteiger partial charge on any atom is 0.407 e. The average molecular weight is 711 g/mol. The minimum absolute atomic E-state index is 0.0178. The molecule has 1 aliphatic heterocycles. The summed E-state index contributed by atoms with van der Waals surface area (Å²) in [6.45, 7) is 10.4. The van der Waals surface area contributed by atoms with Crippen molar-refractivity contribution < 1.29 is 33.5 Å². The van der Waals surface area contributed by atoms with E-state index in [-0.39, 0.29) is 61.0 Å². The Hall–Kier alpha value is -4.08. The van der Waals surface area contributed by atoms with Gasteiger partial charge in [0.25, 0.3) is 5.91 Å². The molecule has 4 rings (SSSR count). The molecule has 282 valence electrons. The van der Waals surface area contributed by atoms with Gasteiger partial charge in [-0.2, -0.15) is 0 Å². The first-order valence-corrected chi connectivity index (χ1v) is 18.9. The van der Waals surface area contributed by atoms with E-state index in [0.29, 0.717) is 13.1 Å². The number of fused-ring (bicyclic) bond motifs is 1. The molecule has 0 aromatic carbocycles. The number of piperidine rings is 1. The highest BCUT2D eigenvalue weighted by Crippen LogP contribution is 2.65. The third-order valence-electron chi connectivity index (χ3n) is 11.5. The number of urea groups is 1. The number of hydrogen-bond acceptors (Lipinski definition) is 7. The second-order valence-electron chi connectivity index (χ2n) is 15.2. The van der Waals surface area contributed by atoms with E-state index in [1.54, 1.807) is 11.8 Å². The maximum atomic E-state index is 14.6. The SMILES string of the molecule is C#CCCC(NC(=O)[C@@H]1[C@@H]2[C@H](CN1C(=O)[C@@H](NC(=O)N[C@H](COC(=O)NCC)C1CCCCC1)C1CCCCC1)C2(C)C)C(=O)C(=O)NCC=C. The van der Waals surface area contributed by atoms with E-state index in [9.17, 15) is 28.8 Å². The molecule has 51 heavy (non-hydrogen) atoms. The fraction of sp³-hybridized carbons (Fsp3) is 0.737. The molecule has 0 radical (unpaired) electrons. The molecular weight excluding hydrogens is 652 g/mol. The Morgan fingerprint density at radius 3 is 2.20 bits per heavy atom. The zero-order valence-electron chi connectivity index (χ0n) is 30.6. The van der Waals surface area contributed by atoms with Gasteiger partial charge in [0.15, 0.2) is 0 Å². The summed E-state index contributed by atoms with van der Waals surface area (Å²) in [6.07, 6.45) is 16.0. The van der Waals surface area contributed by atoms with Gasteiger partial charge in [-0.1, -0.05) is 58.4 Å². The molecule has 1 saturated heterocycles. The van der Waals surface area contributed by atoms with Crippen molar-refractivity contribution >= 4 is 35.6 Å². The number of carbonyl (C=O) groups excluding carboxylic acids is 6. The Kier molecular flexibility index (Phi) is 14.3.